The summed E-state index contributed by atoms with van der Waals surface area (Å²) in [7, 11) is 5.20. The molecule has 0 spiro atoms. The average molecular weight is 232 g/mol. The predicted octanol–water partition coefficient (Wildman–Crippen LogP) is 1.76. The van der Waals surface area contributed by atoms with Gasteiger partial charge in [-0.3, -0.25) is 4.90 Å². The van der Waals surface area contributed by atoms with Crippen LogP contribution in [0.25, 0.3) is 0 Å². The fourth-order valence-corrected chi connectivity index (χ4v) is 2.24. The quantitative estimate of drug-likeness (QED) is 0.779. The van der Waals surface area contributed by atoms with Crippen LogP contribution in [0.1, 0.15) is 17.2 Å². The van der Waals surface area contributed by atoms with E-state index in [9.17, 15) is 5.26 Å². The largest absolute Gasteiger partial charge is 0.493 e. The van der Waals surface area contributed by atoms with Gasteiger partial charge in [0.15, 0.2) is 11.5 Å². The smallest absolute Gasteiger partial charge is 0.161 e. The fourth-order valence-electron chi connectivity index (χ4n) is 2.24. The number of hydrogen-bond donors (Lipinski definition) is 0. The molecule has 0 aromatic heterocycles. The van der Waals surface area contributed by atoms with Gasteiger partial charge in [0.2, 0.25) is 0 Å². The standard InChI is InChI=1S/C13H16N2O2/c1-15-5-4-9-6-12(16-2)13(17-3)7-10(9)11(15)8-14/h6-7,11H,4-5H2,1-3H3. The third-order valence-corrected chi connectivity index (χ3v) is 3.24. The van der Waals surface area contributed by atoms with Crippen LogP contribution in [0.5, 0.6) is 11.5 Å². The summed E-state index contributed by atoms with van der Waals surface area (Å²) in [5.41, 5.74) is 2.20. The third kappa shape index (κ3) is 1.94. The molecule has 1 aliphatic rings. The van der Waals surface area contributed by atoms with Gasteiger partial charge in [0, 0.05) is 6.54 Å². The maximum absolute atomic E-state index is 9.23. The van der Waals surface area contributed by atoms with E-state index in [-0.39, 0.29) is 6.04 Å². The van der Waals surface area contributed by atoms with Crippen LogP contribution >= 0.6 is 0 Å². The normalized spacial score (nSPS) is 19.3. The van der Waals surface area contributed by atoms with E-state index in [1.165, 1.54) is 5.56 Å². The first-order valence-corrected chi connectivity index (χ1v) is 5.56. The van der Waals surface area contributed by atoms with Crippen molar-refractivity contribution >= 4 is 0 Å². The lowest BCUT2D eigenvalue weighted by molar-refractivity contribution is 0.274. The molecule has 0 aliphatic carbocycles. The summed E-state index contributed by atoms with van der Waals surface area (Å²) in [6.45, 7) is 0.890. The number of nitrogens with zero attached hydrogens (tertiary/aromatic N) is 2. The molecule has 0 fully saturated rings. The lowest BCUT2D eigenvalue weighted by atomic mass is 9.93. The van der Waals surface area contributed by atoms with Crippen molar-refractivity contribution in [3.05, 3.63) is 23.3 Å². The van der Waals surface area contributed by atoms with Gasteiger partial charge in [0.05, 0.1) is 20.3 Å². The molecule has 0 N–H and O–H groups in total. The van der Waals surface area contributed by atoms with Gasteiger partial charge in [-0.2, -0.15) is 5.26 Å². The van der Waals surface area contributed by atoms with Crippen LogP contribution in [0.4, 0.5) is 0 Å². The van der Waals surface area contributed by atoms with Gasteiger partial charge in [-0.1, -0.05) is 0 Å². The lowest BCUT2D eigenvalue weighted by Crippen LogP contribution is -2.31. The Morgan fingerprint density at radius 1 is 1.29 bits per heavy atom. The van der Waals surface area contributed by atoms with Gasteiger partial charge in [0.25, 0.3) is 0 Å². The van der Waals surface area contributed by atoms with Crippen molar-refractivity contribution in [1.29, 1.82) is 5.26 Å². The summed E-state index contributed by atoms with van der Waals surface area (Å²) in [6, 6.07) is 6.02. The first-order chi connectivity index (χ1) is 8.21. The van der Waals surface area contributed by atoms with Crippen molar-refractivity contribution in [1.82, 2.24) is 4.90 Å². The summed E-state index contributed by atoms with van der Waals surface area (Å²) in [5, 5.41) is 9.23. The van der Waals surface area contributed by atoms with Crippen molar-refractivity contribution < 1.29 is 9.47 Å². The molecule has 1 aliphatic heterocycles. The summed E-state index contributed by atoms with van der Waals surface area (Å²) in [6.07, 6.45) is 0.935. The summed E-state index contributed by atoms with van der Waals surface area (Å²) in [4.78, 5) is 2.05. The SMILES string of the molecule is COc1cc2c(cc1OC)C(C#N)N(C)CC2. The maximum atomic E-state index is 9.23. The minimum atomic E-state index is -0.196. The van der Waals surface area contributed by atoms with Crippen molar-refractivity contribution in [2.75, 3.05) is 27.8 Å². The Kier molecular flexibility index (Phi) is 3.21. The van der Waals surface area contributed by atoms with Gasteiger partial charge in [-0.05, 0) is 36.7 Å². The number of hydrogen-bond acceptors (Lipinski definition) is 4. The molecule has 1 aromatic rings. The van der Waals surface area contributed by atoms with Crippen molar-refractivity contribution in [2.24, 2.45) is 0 Å². The zero-order valence-corrected chi connectivity index (χ0v) is 10.4. The van der Waals surface area contributed by atoms with E-state index in [4.69, 9.17) is 9.47 Å². The average Bonchev–Trinajstić information content (AvgIpc) is 2.37. The predicted molar refractivity (Wildman–Crippen MR) is 64.2 cm³/mol. The molecule has 1 unspecified atom stereocenters. The molecule has 1 heterocycles. The van der Waals surface area contributed by atoms with E-state index < -0.39 is 0 Å². The highest BCUT2D eigenvalue weighted by molar-refractivity contribution is 5.50. The van der Waals surface area contributed by atoms with Crippen LogP contribution < -0.4 is 9.47 Å². The van der Waals surface area contributed by atoms with Crippen molar-refractivity contribution in [3.8, 4) is 17.6 Å². The Labute approximate surface area is 101 Å². The number of nitriles is 1. The molecule has 0 amide bonds. The highest BCUT2D eigenvalue weighted by Gasteiger charge is 2.26. The van der Waals surface area contributed by atoms with E-state index >= 15 is 0 Å². The number of rotatable bonds is 2. The van der Waals surface area contributed by atoms with Gasteiger partial charge >= 0.3 is 0 Å². The van der Waals surface area contributed by atoms with Gasteiger partial charge in [-0.15, -0.1) is 0 Å². The summed E-state index contributed by atoms with van der Waals surface area (Å²) < 4.78 is 10.6. The number of fused-ring (bicyclic) bond motifs is 1. The lowest BCUT2D eigenvalue weighted by Gasteiger charge is -2.30. The number of likely N-dealkylation sites (N-methyl/N-ethyl adjacent to an activating group) is 1. The topological polar surface area (TPSA) is 45.5 Å². The second kappa shape index (κ2) is 4.64. The van der Waals surface area contributed by atoms with E-state index in [0.29, 0.717) is 5.75 Å². The first kappa shape index (κ1) is 11.7. The third-order valence-electron chi connectivity index (χ3n) is 3.24. The molecular weight excluding hydrogens is 216 g/mol. The molecule has 4 nitrogen and oxygen atoms in total. The molecule has 2 rings (SSSR count). The van der Waals surface area contributed by atoms with Crippen LogP contribution in [0, 0.1) is 11.3 Å². The Morgan fingerprint density at radius 2 is 1.94 bits per heavy atom. The summed E-state index contributed by atoms with van der Waals surface area (Å²) >= 11 is 0. The van der Waals surface area contributed by atoms with E-state index in [1.807, 2.05) is 24.1 Å². The zero-order valence-electron chi connectivity index (χ0n) is 10.4. The molecule has 90 valence electrons. The minimum Gasteiger partial charge on any atom is -0.493 e. The number of ether oxygens (including phenoxy) is 2. The monoisotopic (exact) mass is 232 g/mol. The highest BCUT2D eigenvalue weighted by atomic mass is 16.5. The number of benzene rings is 1. The Hall–Kier alpha value is -1.73. The van der Waals surface area contributed by atoms with Crippen molar-refractivity contribution in [3.63, 3.8) is 0 Å². The van der Waals surface area contributed by atoms with Crippen molar-refractivity contribution in [2.45, 2.75) is 12.5 Å². The molecule has 1 aromatic carbocycles. The summed E-state index contributed by atoms with van der Waals surface area (Å²) in [5.74, 6) is 1.41. The molecule has 17 heavy (non-hydrogen) atoms. The Bertz CT molecular complexity index is 465. The molecule has 0 saturated heterocycles. The molecule has 0 radical (unpaired) electrons. The first-order valence-electron chi connectivity index (χ1n) is 5.56. The second-order valence-corrected chi connectivity index (χ2v) is 4.17. The van der Waals surface area contributed by atoms with Crippen LogP contribution in [-0.4, -0.2) is 32.7 Å². The van der Waals surface area contributed by atoms with Crippen LogP contribution in [-0.2, 0) is 6.42 Å². The second-order valence-electron chi connectivity index (χ2n) is 4.17. The van der Waals surface area contributed by atoms with Gasteiger partial charge < -0.3 is 9.47 Å². The minimum absolute atomic E-state index is 0.196. The molecule has 4 heteroatoms. The van der Waals surface area contributed by atoms with Crippen LogP contribution in [0.2, 0.25) is 0 Å². The van der Waals surface area contributed by atoms with Crippen LogP contribution in [0.3, 0.4) is 0 Å². The molecule has 0 bridgehead atoms. The van der Waals surface area contributed by atoms with Crippen LogP contribution in [0.15, 0.2) is 12.1 Å². The maximum Gasteiger partial charge on any atom is 0.161 e. The van der Waals surface area contributed by atoms with E-state index in [2.05, 4.69) is 6.07 Å². The van der Waals surface area contributed by atoms with E-state index in [0.717, 1.165) is 24.3 Å². The Balaban J connectivity index is 2.53. The molecule has 0 saturated carbocycles. The fraction of sp³-hybridized carbons (Fsp3) is 0.462. The number of methoxy groups -OCH3 is 2. The molecular formula is C13H16N2O2. The molecule has 1 atom stereocenters. The Morgan fingerprint density at radius 3 is 2.53 bits per heavy atom. The highest BCUT2D eigenvalue weighted by Crippen LogP contribution is 2.37. The van der Waals surface area contributed by atoms with E-state index in [1.54, 1.807) is 14.2 Å². The zero-order chi connectivity index (χ0) is 12.4. The van der Waals surface area contributed by atoms with Gasteiger partial charge in [-0.25, -0.2) is 0 Å². The van der Waals surface area contributed by atoms with Gasteiger partial charge in [0.1, 0.15) is 6.04 Å².